The van der Waals surface area contributed by atoms with E-state index in [4.69, 9.17) is 0 Å². The van der Waals surface area contributed by atoms with Crippen molar-refractivity contribution >= 4 is 11.8 Å². The highest BCUT2D eigenvalue weighted by molar-refractivity contribution is 5.80. The molecule has 0 aromatic heterocycles. The van der Waals surface area contributed by atoms with Gasteiger partial charge in [-0.25, -0.2) is 4.39 Å². The zero-order valence-corrected chi connectivity index (χ0v) is 13.6. The quantitative estimate of drug-likeness (QED) is 0.820. The van der Waals surface area contributed by atoms with E-state index in [0.29, 0.717) is 17.5 Å². The van der Waals surface area contributed by atoms with Crippen molar-refractivity contribution < 1.29 is 14.0 Å². The molecule has 24 heavy (non-hydrogen) atoms. The van der Waals surface area contributed by atoms with Crippen molar-refractivity contribution in [3.05, 3.63) is 71.0 Å². The van der Waals surface area contributed by atoms with Crippen LogP contribution in [-0.2, 0) is 22.6 Å². The Kier molecular flexibility index (Phi) is 6.49. The zero-order chi connectivity index (χ0) is 17.4. The first-order valence-corrected chi connectivity index (χ1v) is 7.87. The summed E-state index contributed by atoms with van der Waals surface area (Å²) in [6, 6.07) is 14.3. The van der Waals surface area contributed by atoms with E-state index in [1.54, 1.807) is 19.1 Å². The predicted molar refractivity (Wildman–Crippen MR) is 90.8 cm³/mol. The van der Waals surface area contributed by atoms with Crippen LogP contribution in [0.25, 0.3) is 0 Å². The summed E-state index contributed by atoms with van der Waals surface area (Å²) in [5.74, 6) is -0.583. The van der Waals surface area contributed by atoms with Crippen LogP contribution in [0.5, 0.6) is 0 Å². The fourth-order valence-corrected chi connectivity index (χ4v) is 2.19. The monoisotopic (exact) mass is 328 g/mol. The number of rotatable bonds is 7. The molecular formula is C19H21FN2O2. The third kappa shape index (κ3) is 5.83. The molecule has 0 spiro atoms. The minimum Gasteiger partial charge on any atom is -0.355 e. The molecule has 0 saturated heterocycles. The molecule has 2 aromatic rings. The van der Waals surface area contributed by atoms with Gasteiger partial charge in [-0.2, -0.15) is 0 Å². The highest BCUT2D eigenvalue weighted by Crippen LogP contribution is 2.08. The Morgan fingerprint density at radius 3 is 2.42 bits per heavy atom. The Balaban J connectivity index is 1.66. The van der Waals surface area contributed by atoms with E-state index in [-0.39, 0.29) is 37.1 Å². The fraction of sp³-hybridized carbons (Fsp3) is 0.263. The second-order valence-electron chi connectivity index (χ2n) is 5.62. The molecule has 2 amide bonds. The van der Waals surface area contributed by atoms with Gasteiger partial charge in [0.15, 0.2) is 0 Å². The van der Waals surface area contributed by atoms with E-state index >= 15 is 0 Å². The van der Waals surface area contributed by atoms with Crippen LogP contribution in [0.15, 0.2) is 48.5 Å². The topological polar surface area (TPSA) is 58.2 Å². The maximum absolute atomic E-state index is 13.4. The molecule has 2 aromatic carbocycles. The highest BCUT2D eigenvalue weighted by atomic mass is 19.1. The first-order valence-electron chi connectivity index (χ1n) is 7.87. The largest absolute Gasteiger partial charge is 0.355 e. The maximum atomic E-state index is 13.4. The van der Waals surface area contributed by atoms with E-state index in [2.05, 4.69) is 10.6 Å². The van der Waals surface area contributed by atoms with Crippen LogP contribution in [0.1, 0.15) is 23.1 Å². The van der Waals surface area contributed by atoms with Gasteiger partial charge in [-0.15, -0.1) is 0 Å². The molecule has 0 aliphatic heterocycles. The van der Waals surface area contributed by atoms with Crippen LogP contribution in [-0.4, -0.2) is 18.4 Å². The third-order valence-corrected chi connectivity index (χ3v) is 3.61. The lowest BCUT2D eigenvalue weighted by Crippen LogP contribution is -2.31. The Morgan fingerprint density at radius 2 is 1.71 bits per heavy atom. The van der Waals surface area contributed by atoms with Gasteiger partial charge in [-0.3, -0.25) is 9.59 Å². The van der Waals surface area contributed by atoms with E-state index in [1.807, 2.05) is 30.3 Å². The van der Waals surface area contributed by atoms with Crippen molar-refractivity contribution in [2.24, 2.45) is 0 Å². The lowest BCUT2D eigenvalue weighted by molar-refractivity contribution is -0.122. The fourth-order valence-electron chi connectivity index (χ4n) is 2.19. The minimum atomic E-state index is -0.282. The van der Waals surface area contributed by atoms with Crippen molar-refractivity contribution in [1.82, 2.24) is 10.6 Å². The molecule has 0 heterocycles. The molecule has 0 aliphatic rings. The molecule has 0 unspecified atom stereocenters. The van der Waals surface area contributed by atoms with Crippen LogP contribution in [0, 0.1) is 12.7 Å². The molecule has 5 heteroatoms. The number of hydrogen-bond acceptors (Lipinski definition) is 2. The van der Waals surface area contributed by atoms with Gasteiger partial charge in [-0.05, 0) is 29.7 Å². The minimum absolute atomic E-state index is 0.116. The second kappa shape index (κ2) is 8.82. The van der Waals surface area contributed by atoms with Gasteiger partial charge in [0.2, 0.25) is 11.8 Å². The molecule has 126 valence electrons. The average molecular weight is 328 g/mol. The number of carbonyl (C=O) groups is 2. The second-order valence-corrected chi connectivity index (χ2v) is 5.62. The molecule has 0 saturated carbocycles. The summed E-state index contributed by atoms with van der Waals surface area (Å²) in [5.41, 5.74) is 2.21. The number of benzene rings is 2. The Morgan fingerprint density at radius 1 is 0.958 bits per heavy atom. The molecule has 0 bridgehead atoms. The zero-order valence-electron chi connectivity index (χ0n) is 13.6. The van der Waals surface area contributed by atoms with Crippen molar-refractivity contribution in [3.8, 4) is 0 Å². The SMILES string of the molecule is Cc1ccc(CNC(=O)CCNC(=O)Cc2ccccc2)cc1F. The summed E-state index contributed by atoms with van der Waals surface area (Å²) >= 11 is 0. The molecule has 0 fully saturated rings. The summed E-state index contributed by atoms with van der Waals surface area (Å²) in [6.45, 7) is 2.24. The molecule has 2 rings (SSSR count). The predicted octanol–water partition coefficient (Wildman–Crippen LogP) is 2.50. The molecule has 0 radical (unpaired) electrons. The first-order chi connectivity index (χ1) is 11.5. The van der Waals surface area contributed by atoms with E-state index in [9.17, 15) is 14.0 Å². The van der Waals surface area contributed by atoms with Gasteiger partial charge >= 0.3 is 0 Å². The number of halogens is 1. The van der Waals surface area contributed by atoms with E-state index in [1.165, 1.54) is 6.07 Å². The van der Waals surface area contributed by atoms with Crippen molar-refractivity contribution in [1.29, 1.82) is 0 Å². The average Bonchev–Trinajstić information content (AvgIpc) is 2.57. The van der Waals surface area contributed by atoms with Gasteiger partial charge in [0, 0.05) is 19.5 Å². The standard InChI is InChI=1S/C19H21FN2O2/c1-14-7-8-16(11-17(14)20)13-22-18(23)9-10-21-19(24)12-15-5-3-2-4-6-15/h2-8,11H,9-10,12-13H2,1H3,(H,21,24)(H,22,23). The van der Waals surface area contributed by atoms with Crippen molar-refractivity contribution in [2.45, 2.75) is 26.3 Å². The van der Waals surface area contributed by atoms with Crippen LogP contribution in [0.2, 0.25) is 0 Å². The smallest absolute Gasteiger partial charge is 0.224 e. The van der Waals surface area contributed by atoms with Crippen molar-refractivity contribution in [2.75, 3.05) is 6.54 Å². The Bertz CT molecular complexity index is 702. The molecule has 0 atom stereocenters. The number of nitrogens with one attached hydrogen (secondary N) is 2. The molecule has 2 N–H and O–H groups in total. The molecule has 0 aliphatic carbocycles. The lowest BCUT2D eigenvalue weighted by Gasteiger charge is -2.08. The highest BCUT2D eigenvalue weighted by Gasteiger charge is 2.06. The van der Waals surface area contributed by atoms with Gasteiger partial charge in [-0.1, -0.05) is 42.5 Å². The summed E-state index contributed by atoms with van der Waals surface area (Å²) in [6.07, 6.45) is 0.486. The van der Waals surface area contributed by atoms with Crippen LogP contribution < -0.4 is 10.6 Å². The number of carbonyl (C=O) groups excluding carboxylic acids is 2. The summed E-state index contributed by atoms with van der Waals surface area (Å²) < 4.78 is 13.4. The Hall–Kier alpha value is -2.69. The number of aryl methyl sites for hydroxylation is 1. The van der Waals surface area contributed by atoms with E-state index in [0.717, 1.165) is 5.56 Å². The Labute approximate surface area is 141 Å². The number of amides is 2. The summed E-state index contributed by atoms with van der Waals surface area (Å²) in [7, 11) is 0. The van der Waals surface area contributed by atoms with Crippen LogP contribution in [0.3, 0.4) is 0 Å². The molecular weight excluding hydrogens is 307 g/mol. The van der Waals surface area contributed by atoms with Crippen LogP contribution >= 0.6 is 0 Å². The summed E-state index contributed by atoms with van der Waals surface area (Å²) in [4.78, 5) is 23.5. The van der Waals surface area contributed by atoms with Crippen molar-refractivity contribution in [3.63, 3.8) is 0 Å². The normalized spacial score (nSPS) is 10.2. The third-order valence-electron chi connectivity index (χ3n) is 3.61. The van der Waals surface area contributed by atoms with E-state index < -0.39 is 0 Å². The number of hydrogen-bond donors (Lipinski definition) is 2. The lowest BCUT2D eigenvalue weighted by atomic mass is 10.1. The van der Waals surface area contributed by atoms with Gasteiger partial charge in [0.25, 0.3) is 0 Å². The first kappa shape index (κ1) is 17.7. The maximum Gasteiger partial charge on any atom is 0.224 e. The van der Waals surface area contributed by atoms with Gasteiger partial charge < -0.3 is 10.6 Å². The van der Waals surface area contributed by atoms with Gasteiger partial charge in [0.05, 0.1) is 6.42 Å². The van der Waals surface area contributed by atoms with Gasteiger partial charge in [0.1, 0.15) is 5.82 Å². The summed E-state index contributed by atoms with van der Waals surface area (Å²) in [5, 5.41) is 5.43. The molecule has 4 nitrogen and oxygen atoms in total. The van der Waals surface area contributed by atoms with Crippen LogP contribution in [0.4, 0.5) is 4.39 Å².